The summed E-state index contributed by atoms with van der Waals surface area (Å²) in [7, 11) is -3.26. The van der Waals surface area contributed by atoms with Gasteiger partial charge in [-0.05, 0) is 25.5 Å². The minimum atomic E-state index is -3.26. The molecule has 0 spiro atoms. The number of rotatable bonds is 6. The number of hydrogen-bond donors (Lipinski definition) is 2. The average Bonchev–Trinajstić information content (AvgIpc) is 2.28. The standard InChI is InChI=1S/C12H18N4O2S/c1-4-15-19(17,18)6-5-14-12-11(8-13)9(2)7-10(3)16-12/h7,15H,4-6H2,1-3H3,(H,14,16). The Balaban J connectivity index is 2.77. The molecule has 0 aliphatic rings. The molecule has 1 heterocycles. The summed E-state index contributed by atoms with van der Waals surface area (Å²) in [6.07, 6.45) is 0. The first-order valence-corrected chi connectivity index (χ1v) is 7.64. The second-order valence-corrected chi connectivity index (χ2v) is 6.09. The zero-order chi connectivity index (χ0) is 14.5. The van der Waals surface area contributed by atoms with Crippen molar-refractivity contribution in [3.05, 3.63) is 22.9 Å². The zero-order valence-electron chi connectivity index (χ0n) is 11.3. The van der Waals surface area contributed by atoms with Gasteiger partial charge >= 0.3 is 0 Å². The molecule has 7 heteroatoms. The Labute approximate surface area is 113 Å². The highest BCUT2D eigenvalue weighted by atomic mass is 32.2. The molecule has 0 amide bonds. The topological polar surface area (TPSA) is 94.9 Å². The third-order valence-corrected chi connectivity index (χ3v) is 3.95. The summed E-state index contributed by atoms with van der Waals surface area (Å²) >= 11 is 0. The SMILES string of the molecule is CCNS(=O)(=O)CCNc1nc(C)cc(C)c1C#N. The maximum Gasteiger partial charge on any atom is 0.213 e. The largest absolute Gasteiger partial charge is 0.368 e. The van der Waals surface area contributed by atoms with Crippen LogP contribution < -0.4 is 10.0 Å². The normalized spacial score (nSPS) is 11.1. The van der Waals surface area contributed by atoms with Gasteiger partial charge in [0.25, 0.3) is 0 Å². The van der Waals surface area contributed by atoms with Gasteiger partial charge in [-0.15, -0.1) is 0 Å². The minimum Gasteiger partial charge on any atom is -0.368 e. The van der Waals surface area contributed by atoms with E-state index in [0.717, 1.165) is 11.3 Å². The van der Waals surface area contributed by atoms with Gasteiger partial charge in [0.15, 0.2) is 0 Å². The molecule has 104 valence electrons. The van der Waals surface area contributed by atoms with Gasteiger partial charge in [0.2, 0.25) is 10.0 Å². The molecule has 0 unspecified atom stereocenters. The summed E-state index contributed by atoms with van der Waals surface area (Å²) in [5.74, 6) is 0.382. The maximum atomic E-state index is 11.5. The number of hydrogen-bond acceptors (Lipinski definition) is 5. The molecule has 0 aliphatic heterocycles. The van der Waals surface area contributed by atoms with Crippen LogP contribution in [0.1, 0.15) is 23.7 Å². The number of anilines is 1. The molecule has 0 atom stereocenters. The van der Waals surface area contributed by atoms with Gasteiger partial charge in [-0.1, -0.05) is 6.92 Å². The fraction of sp³-hybridized carbons (Fsp3) is 0.500. The van der Waals surface area contributed by atoms with Crippen molar-refractivity contribution < 1.29 is 8.42 Å². The van der Waals surface area contributed by atoms with Gasteiger partial charge in [-0.2, -0.15) is 5.26 Å². The maximum absolute atomic E-state index is 11.5. The lowest BCUT2D eigenvalue weighted by Gasteiger charge is -2.10. The van der Waals surface area contributed by atoms with E-state index in [1.165, 1.54) is 0 Å². The van der Waals surface area contributed by atoms with E-state index in [2.05, 4.69) is 21.1 Å². The number of aryl methyl sites for hydroxylation is 2. The van der Waals surface area contributed by atoms with Gasteiger partial charge in [0.1, 0.15) is 11.9 Å². The molecular weight excluding hydrogens is 264 g/mol. The molecule has 1 aromatic rings. The van der Waals surface area contributed by atoms with E-state index in [-0.39, 0.29) is 12.3 Å². The zero-order valence-corrected chi connectivity index (χ0v) is 12.1. The van der Waals surface area contributed by atoms with E-state index >= 15 is 0 Å². The predicted octanol–water partition coefficient (Wildman–Crippen LogP) is 0.921. The molecule has 0 saturated carbocycles. The average molecular weight is 282 g/mol. The Hall–Kier alpha value is -1.65. The fourth-order valence-corrected chi connectivity index (χ4v) is 2.66. The Kier molecular flexibility index (Phi) is 5.27. The van der Waals surface area contributed by atoms with Crippen molar-refractivity contribution in [3.8, 4) is 6.07 Å². The van der Waals surface area contributed by atoms with Gasteiger partial charge in [0.05, 0.1) is 11.3 Å². The highest BCUT2D eigenvalue weighted by Crippen LogP contribution is 2.17. The number of sulfonamides is 1. The first-order valence-electron chi connectivity index (χ1n) is 5.99. The lowest BCUT2D eigenvalue weighted by Crippen LogP contribution is -2.29. The molecule has 0 aromatic carbocycles. The fourth-order valence-electron chi connectivity index (χ4n) is 1.70. The molecule has 0 saturated heterocycles. The third kappa shape index (κ3) is 4.50. The third-order valence-electron chi connectivity index (χ3n) is 2.48. The van der Waals surface area contributed by atoms with Crippen LogP contribution in [0.3, 0.4) is 0 Å². The van der Waals surface area contributed by atoms with Crippen LogP contribution in [0.4, 0.5) is 5.82 Å². The highest BCUT2D eigenvalue weighted by Gasteiger charge is 2.11. The number of nitrogens with one attached hydrogen (secondary N) is 2. The van der Waals surface area contributed by atoms with E-state index < -0.39 is 10.0 Å². The molecule has 1 aromatic heterocycles. The summed E-state index contributed by atoms with van der Waals surface area (Å²) in [4.78, 5) is 4.22. The van der Waals surface area contributed by atoms with E-state index in [1.54, 1.807) is 6.92 Å². The monoisotopic (exact) mass is 282 g/mol. The van der Waals surface area contributed by atoms with E-state index in [4.69, 9.17) is 5.26 Å². The second kappa shape index (κ2) is 6.50. The smallest absolute Gasteiger partial charge is 0.213 e. The number of nitrogens with zero attached hydrogens (tertiary/aromatic N) is 2. The Morgan fingerprint density at radius 1 is 1.42 bits per heavy atom. The van der Waals surface area contributed by atoms with E-state index in [0.29, 0.717) is 17.9 Å². The van der Waals surface area contributed by atoms with Crippen LogP contribution in [0.2, 0.25) is 0 Å². The molecular formula is C12H18N4O2S. The molecule has 2 N–H and O–H groups in total. The molecule has 0 bridgehead atoms. The summed E-state index contributed by atoms with van der Waals surface area (Å²) < 4.78 is 25.4. The van der Waals surface area contributed by atoms with Crippen molar-refractivity contribution >= 4 is 15.8 Å². The summed E-state index contributed by atoms with van der Waals surface area (Å²) in [5.41, 5.74) is 2.06. The lowest BCUT2D eigenvalue weighted by molar-refractivity contribution is 0.584. The van der Waals surface area contributed by atoms with Crippen LogP contribution in [-0.2, 0) is 10.0 Å². The van der Waals surface area contributed by atoms with Crippen LogP contribution in [-0.4, -0.2) is 32.2 Å². The summed E-state index contributed by atoms with van der Waals surface area (Å²) in [6.45, 7) is 5.96. The summed E-state index contributed by atoms with van der Waals surface area (Å²) in [5, 5.41) is 12.0. The molecule has 1 rings (SSSR count). The van der Waals surface area contributed by atoms with Gasteiger partial charge in [0, 0.05) is 18.8 Å². The highest BCUT2D eigenvalue weighted by molar-refractivity contribution is 7.89. The van der Waals surface area contributed by atoms with Crippen molar-refractivity contribution in [1.29, 1.82) is 5.26 Å². The Morgan fingerprint density at radius 3 is 2.68 bits per heavy atom. The van der Waals surface area contributed by atoms with Crippen LogP contribution in [0.15, 0.2) is 6.07 Å². The van der Waals surface area contributed by atoms with E-state index in [9.17, 15) is 8.42 Å². The first kappa shape index (κ1) is 15.4. The Bertz CT molecular complexity index is 590. The van der Waals surface area contributed by atoms with Crippen LogP contribution >= 0.6 is 0 Å². The van der Waals surface area contributed by atoms with Crippen molar-refractivity contribution in [2.75, 3.05) is 24.2 Å². The van der Waals surface area contributed by atoms with Gasteiger partial charge in [-0.25, -0.2) is 18.1 Å². The molecule has 6 nitrogen and oxygen atoms in total. The number of aromatic nitrogens is 1. The lowest BCUT2D eigenvalue weighted by atomic mass is 10.1. The number of pyridine rings is 1. The van der Waals surface area contributed by atoms with Gasteiger partial charge in [-0.3, -0.25) is 0 Å². The first-order chi connectivity index (χ1) is 8.89. The molecule has 0 radical (unpaired) electrons. The van der Waals surface area contributed by atoms with Crippen LogP contribution in [0, 0.1) is 25.2 Å². The quantitative estimate of drug-likeness (QED) is 0.809. The minimum absolute atomic E-state index is 0.0552. The van der Waals surface area contributed by atoms with Crippen LogP contribution in [0.25, 0.3) is 0 Å². The van der Waals surface area contributed by atoms with Gasteiger partial charge < -0.3 is 5.32 Å². The second-order valence-electron chi connectivity index (χ2n) is 4.16. The van der Waals surface area contributed by atoms with E-state index in [1.807, 2.05) is 19.9 Å². The van der Waals surface area contributed by atoms with Crippen molar-refractivity contribution in [2.24, 2.45) is 0 Å². The molecule has 0 aliphatic carbocycles. The molecule has 19 heavy (non-hydrogen) atoms. The van der Waals surface area contributed by atoms with Crippen LogP contribution in [0.5, 0.6) is 0 Å². The van der Waals surface area contributed by atoms with Crippen molar-refractivity contribution in [1.82, 2.24) is 9.71 Å². The Morgan fingerprint density at radius 2 is 2.11 bits per heavy atom. The number of nitriles is 1. The predicted molar refractivity (Wildman–Crippen MR) is 74.4 cm³/mol. The molecule has 0 fully saturated rings. The van der Waals surface area contributed by atoms with Crippen molar-refractivity contribution in [2.45, 2.75) is 20.8 Å². The summed E-state index contributed by atoms with van der Waals surface area (Å²) in [6, 6.07) is 3.89. The van der Waals surface area contributed by atoms with Crippen molar-refractivity contribution in [3.63, 3.8) is 0 Å².